The van der Waals surface area contributed by atoms with Gasteiger partial charge in [0.15, 0.2) is 6.26 Å². The van der Waals surface area contributed by atoms with Crippen molar-refractivity contribution < 1.29 is 13.5 Å². The first kappa shape index (κ1) is 10.5. The van der Waals surface area contributed by atoms with Gasteiger partial charge in [0.25, 0.3) is 0 Å². The van der Waals surface area contributed by atoms with Gasteiger partial charge in [0.2, 0.25) is 24.4 Å². The molecular formula is C8H5N9O3. The summed E-state index contributed by atoms with van der Waals surface area (Å²) in [5.74, 6) is 0.701. The van der Waals surface area contributed by atoms with E-state index in [1.54, 1.807) is 6.20 Å². The van der Waals surface area contributed by atoms with Gasteiger partial charge in [0, 0.05) is 5.27 Å². The zero-order valence-electron chi connectivity index (χ0n) is 9.61. The number of hydrogen-bond donors (Lipinski definition) is 1. The van der Waals surface area contributed by atoms with Crippen molar-refractivity contribution in [1.82, 2.24) is 36.1 Å². The fourth-order valence-electron chi connectivity index (χ4n) is 1.66. The Morgan fingerprint density at radius 3 is 2.85 bits per heavy atom. The molecule has 0 atom stereocenters. The number of nitrogens with one attached hydrogen (secondary N) is 1. The first-order chi connectivity index (χ1) is 9.93. The van der Waals surface area contributed by atoms with Crippen molar-refractivity contribution in [2.75, 3.05) is 10.1 Å². The van der Waals surface area contributed by atoms with E-state index < -0.39 is 0 Å². The molecule has 1 aliphatic rings. The number of hydrazine groups is 2. The summed E-state index contributed by atoms with van der Waals surface area (Å²) in [7, 11) is 0. The number of hydrogen-bond acceptors (Lipinski definition) is 12. The van der Waals surface area contributed by atoms with Gasteiger partial charge in [-0.15, -0.1) is 5.10 Å². The molecule has 4 rings (SSSR count). The van der Waals surface area contributed by atoms with E-state index in [1.165, 1.54) is 29.2 Å². The first-order valence-corrected chi connectivity index (χ1v) is 5.30. The van der Waals surface area contributed by atoms with Crippen LogP contribution in [0, 0.1) is 0 Å². The normalized spacial score (nSPS) is 14.5. The van der Waals surface area contributed by atoms with Crippen LogP contribution in [0.15, 0.2) is 38.7 Å². The fourth-order valence-corrected chi connectivity index (χ4v) is 1.66. The summed E-state index contributed by atoms with van der Waals surface area (Å²) in [4.78, 5) is 3.97. The molecule has 0 spiro atoms. The molecule has 3 aromatic heterocycles. The van der Waals surface area contributed by atoms with Gasteiger partial charge in [0.05, 0.1) is 6.20 Å². The summed E-state index contributed by atoms with van der Waals surface area (Å²) < 4.78 is 14.6. The average molecular weight is 275 g/mol. The SMILES string of the molecule is C1=C(c2ncon2)N(c2nnco2)N(c2conn2)N1. The van der Waals surface area contributed by atoms with Crippen molar-refractivity contribution in [1.29, 1.82) is 0 Å². The molecule has 12 nitrogen and oxygen atoms in total. The molecule has 0 saturated heterocycles. The molecule has 0 aliphatic carbocycles. The van der Waals surface area contributed by atoms with Crippen molar-refractivity contribution in [2.45, 2.75) is 0 Å². The Bertz CT molecular complexity index is 705. The lowest BCUT2D eigenvalue weighted by Crippen LogP contribution is -2.43. The minimum atomic E-state index is 0.175. The Balaban J connectivity index is 1.78. The van der Waals surface area contributed by atoms with Crippen LogP contribution in [0.3, 0.4) is 0 Å². The maximum absolute atomic E-state index is 5.19. The standard InChI is InChI=1S/C8H5N9O3/c1-5(7-9-3-20-14-7)16(8-13-10-4-18-8)17(11-1)6-2-19-15-12-6/h1-4,11H. The summed E-state index contributed by atoms with van der Waals surface area (Å²) in [6.07, 6.45) is 5.36. The molecule has 0 bridgehead atoms. The van der Waals surface area contributed by atoms with Gasteiger partial charge >= 0.3 is 6.01 Å². The average Bonchev–Trinajstić information content (AvgIpc) is 3.23. The third-order valence-electron chi connectivity index (χ3n) is 2.44. The van der Waals surface area contributed by atoms with Crippen LogP contribution >= 0.6 is 0 Å². The summed E-state index contributed by atoms with van der Waals surface area (Å²) in [5, 5.41) is 21.4. The van der Waals surface area contributed by atoms with Gasteiger partial charge in [-0.3, -0.25) is 5.43 Å². The zero-order chi connectivity index (χ0) is 13.4. The van der Waals surface area contributed by atoms with Crippen LogP contribution in [0.4, 0.5) is 11.8 Å². The lowest BCUT2D eigenvalue weighted by Gasteiger charge is -2.25. The van der Waals surface area contributed by atoms with Crippen molar-refractivity contribution in [3.63, 3.8) is 0 Å². The monoisotopic (exact) mass is 275 g/mol. The highest BCUT2D eigenvalue weighted by Gasteiger charge is 2.34. The van der Waals surface area contributed by atoms with Crippen LogP contribution in [-0.2, 0) is 0 Å². The summed E-state index contributed by atoms with van der Waals surface area (Å²) in [5.41, 5.74) is 3.44. The number of anilines is 2. The van der Waals surface area contributed by atoms with Crippen molar-refractivity contribution in [2.24, 2.45) is 0 Å². The highest BCUT2D eigenvalue weighted by Crippen LogP contribution is 2.29. The van der Waals surface area contributed by atoms with Gasteiger partial charge in [0.1, 0.15) is 5.70 Å². The summed E-state index contributed by atoms with van der Waals surface area (Å²) in [6.45, 7) is 0. The minimum absolute atomic E-state index is 0.175. The van der Waals surface area contributed by atoms with Gasteiger partial charge in [-0.05, 0) is 0 Å². The molecular weight excluding hydrogens is 270 g/mol. The largest absolute Gasteiger partial charge is 0.409 e. The van der Waals surface area contributed by atoms with E-state index >= 15 is 0 Å². The Morgan fingerprint density at radius 1 is 1.15 bits per heavy atom. The van der Waals surface area contributed by atoms with E-state index in [9.17, 15) is 0 Å². The molecule has 0 saturated carbocycles. The van der Waals surface area contributed by atoms with Crippen molar-refractivity contribution in [3.8, 4) is 0 Å². The van der Waals surface area contributed by atoms with Crippen LogP contribution < -0.4 is 15.6 Å². The highest BCUT2D eigenvalue weighted by molar-refractivity contribution is 5.78. The third-order valence-corrected chi connectivity index (χ3v) is 2.44. The van der Waals surface area contributed by atoms with Crippen LogP contribution in [0.25, 0.3) is 5.70 Å². The molecule has 4 heterocycles. The molecule has 0 unspecified atom stereocenters. The smallest absolute Gasteiger partial charge is 0.344 e. The molecule has 12 heteroatoms. The zero-order valence-corrected chi connectivity index (χ0v) is 9.61. The maximum atomic E-state index is 5.19. The summed E-state index contributed by atoms with van der Waals surface area (Å²) in [6, 6.07) is 0.175. The van der Waals surface area contributed by atoms with Gasteiger partial charge in [-0.2, -0.15) is 15.1 Å². The quantitative estimate of drug-likeness (QED) is 0.664. The molecule has 3 aromatic rings. The Hall–Kier alpha value is -3.44. The first-order valence-electron chi connectivity index (χ1n) is 5.30. The predicted octanol–water partition coefficient (Wildman–Crippen LogP) is -0.420. The number of aromatic nitrogens is 6. The molecule has 0 fully saturated rings. The van der Waals surface area contributed by atoms with Crippen LogP contribution in [0.2, 0.25) is 0 Å². The predicted molar refractivity (Wildman–Crippen MR) is 59.0 cm³/mol. The molecule has 1 aliphatic heterocycles. The Labute approximate surface area is 109 Å². The summed E-state index contributed by atoms with van der Waals surface area (Å²) >= 11 is 0. The van der Waals surface area contributed by atoms with E-state index in [1.807, 2.05) is 0 Å². The Morgan fingerprint density at radius 2 is 2.15 bits per heavy atom. The lowest BCUT2D eigenvalue weighted by molar-refractivity contribution is 0.393. The van der Waals surface area contributed by atoms with E-state index in [-0.39, 0.29) is 6.01 Å². The molecule has 1 N–H and O–H groups in total. The van der Waals surface area contributed by atoms with Gasteiger partial charge in [-0.25, -0.2) is 0 Å². The van der Waals surface area contributed by atoms with Crippen molar-refractivity contribution >= 4 is 17.5 Å². The lowest BCUT2D eigenvalue weighted by atomic mass is 10.4. The van der Waals surface area contributed by atoms with E-state index in [4.69, 9.17) is 13.5 Å². The van der Waals surface area contributed by atoms with Crippen molar-refractivity contribution in [3.05, 3.63) is 31.1 Å². The second kappa shape index (κ2) is 4.04. The van der Waals surface area contributed by atoms with Gasteiger partial charge in [-0.1, -0.05) is 15.4 Å². The molecule has 0 radical (unpaired) electrons. The van der Waals surface area contributed by atoms with Gasteiger partial charge < -0.3 is 13.5 Å². The van der Waals surface area contributed by atoms with Crippen LogP contribution in [0.1, 0.15) is 5.82 Å². The van der Waals surface area contributed by atoms with Crippen LogP contribution in [0.5, 0.6) is 0 Å². The fraction of sp³-hybridized carbons (Fsp3) is 0. The number of rotatable bonds is 3. The minimum Gasteiger partial charge on any atom is -0.409 e. The topological polar surface area (TPSA) is 135 Å². The molecule has 100 valence electrons. The van der Waals surface area contributed by atoms with E-state index in [0.29, 0.717) is 17.3 Å². The second-order valence-electron chi connectivity index (χ2n) is 3.52. The number of nitrogens with zero attached hydrogens (tertiary/aromatic N) is 8. The maximum Gasteiger partial charge on any atom is 0.344 e. The third kappa shape index (κ3) is 1.48. The second-order valence-corrected chi connectivity index (χ2v) is 3.52. The molecule has 0 aromatic carbocycles. The van der Waals surface area contributed by atoms with E-state index in [2.05, 4.69) is 36.1 Å². The Kier molecular flexibility index (Phi) is 2.12. The molecule has 0 amide bonds. The van der Waals surface area contributed by atoms with E-state index in [0.717, 1.165) is 0 Å². The molecule has 20 heavy (non-hydrogen) atoms. The highest BCUT2D eigenvalue weighted by atomic mass is 16.5. The van der Waals surface area contributed by atoms with Crippen LogP contribution in [-0.4, -0.2) is 30.7 Å².